The fourth-order valence-electron chi connectivity index (χ4n) is 3.80. The molecule has 0 unspecified atom stereocenters. The first-order valence-corrected chi connectivity index (χ1v) is 5.57. The second-order valence-electron chi connectivity index (χ2n) is 6.02. The lowest BCUT2D eigenvalue weighted by atomic mass is 9.73. The standard InChI is InChI=1S/C13H20O/c1-5-9-8-13(4)7-6-12(2,3)11(13)10(9)14/h5,9,11H,1,6-8H2,2-4H3/t9-,11+,13+/m1/s1. The molecule has 0 aromatic heterocycles. The summed E-state index contributed by atoms with van der Waals surface area (Å²) in [6.45, 7) is 10.5. The Morgan fingerprint density at radius 2 is 2.00 bits per heavy atom. The van der Waals surface area contributed by atoms with Crippen LogP contribution in [0.5, 0.6) is 0 Å². The van der Waals surface area contributed by atoms with Gasteiger partial charge in [0.25, 0.3) is 0 Å². The van der Waals surface area contributed by atoms with Gasteiger partial charge in [-0.2, -0.15) is 0 Å². The molecule has 0 amide bonds. The number of carbonyl (C=O) groups is 1. The molecule has 0 spiro atoms. The number of hydrogen-bond donors (Lipinski definition) is 0. The number of fused-ring (bicyclic) bond motifs is 1. The predicted molar refractivity (Wildman–Crippen MR) is 57.9 cm³/mol. The number of allylic oxidation sites excluding steroid dienone is 1. The average molecular weight is 192 g/mol. The smallest absolute Gasteiger partial charge is 0.143 e. The Labute approximate surface area is 86.6 Å². The first kappa shape index (κ1) is 9.95. The molecule has 0 aromatic rings. The molecule has 0 saturated heterocycles. The Kier molecular flexibility index (Phi) is 1.93. The van der Waals surface area contributed by atoms with Crippen LogP contribution < -0.4 is 0 Å². The molecule has 0 N–H and O–H groups in total. The minimum absolute atomic E-state index is 0.129. The van der Waals surface area contributed by atoms with Gasteiger partial charge in [-0.25, -0.2) is 0 Å². The van der Waals surface area contributed by atoms with E-state index in [1.165, 1.54) is 12.8 Å². The van der Waals surface area contributed by atoms with Crippen molar-refractivity contribution in [2.45, 2.75) is 40.0 Å². The summed E-state index contributed by atoms with van der Waals surface area (Å²) in [6.07, 6.45) is 5.29. The maximum absolute atomic E-state index is 12.2. The van der Waals surface area contributed by atoms with Crippen molar-refractivity contribution in [2.24, 2.45) is 22.7 Å². The van der Waals surface area contributed by atoms with Crippen LogP contribution in [-0.4, -0.2) is 5.78 Å². The third-order valence-electron chi connectivity index (χ3n) is 4.44. The van der Waals surface area contributed by atoms with Crippen LogP contribution >= 0.6 is 0 Å². The fourth-order valence-corrected chi connectivity index (χ4v) is 3.80. The normalized spacial score (nSPS) is 45.2. The molecule has 1 heteroatoms. The molecule has 2 saturated carbocycles. The van der Waals surface area contributed by atoms with E-state index >= 15 is 0 Å². The molecule has 0 heterocycles. The summed E-state index contributed by atoms with van der Waals surface area (Å²) in [5, 5.41) is 0. The van der Waals surface area contributed by atoms with E-state index < -0.39 is 0 Å². The lowest BCUT2D eigenvalue weighted by Gasteiger charge is -2.29. The Morgan fingerprint density at radius 1 is 1.36 bits per heavy atom. The first-order chi connectivity index (χ1) is 6.41. The lowest BCUT2D eigenvalue weighted by Crippen LogP contribution is -2.30. The molecule has 1 nitrogen and oxygen atoms in total. The van der Waals surface area contributed by atoms with Crippen molar-refractivity contribution >= 4 is 5.78 Å². The van der Waals surface area contributed by atoms with E-state index in [0.717, 1.165) is 6.42 Å². The molecule has 2 rings (SSSR count). The second kappa shape index (κ2) is 2.71. The van der Waals surface area contributed by atoms with Gasteiger partial charge in [0, 0.05) is 11.8 Å². The fraction of sp³-hybridized carbons (Fsp3) is 0.769. The zero-order valence-corrected chi connectivity index (χ0v) is 9.47. The topological polar surface area (TPSA) is 17.1 Å². The highest BCUT2D eigenvalue weighted by molar-refractivity contribution is 5.89. The van der Waals surface area contributed by atoms with Crippen molar-refractivity contribution < 1.29 is 4.79 Å². The molecule has 0 aromatic carbocycles. The van der Waals surface area contributed by atoms with Gasteiger partial charge in [0.1, 0.15) is 5.78 Å². The molecule has 78 valence electrons. The van der Waals surface area contributed by atoms with Gasteiger partial charge in [-0.3, -0.25) is 4.79 Å². The van der Waals surface area contributed by atoms with Crippen molar-refractivity contribution in [3.63, 3.8) is 0 Å². The largest absolute Gasteiger partial charge is 0.299 e. The van der Waals surface area contributed by atoms with Crippen molar-refractivity contribution in [3.8, 4) is 0 Å². The highest BCUT2D eigenvalue weighted by atomic mass is 16.1. The quantitative estimate of drug-likeness (QED) is 0.583. The lowest BCUT2D eigenvalue weighted by molar-refractivity contribution is -0.126. The van der Waals surface area contributed by atoms with E-state index in [2.05, 4.69) is 27.4 Å². The van der Waals surface area contributed by atoms with Gasteiger partial charge in [0.15, 0.2) is 0 Å². The molecule has 14 heavy (non-hydrogen) atoms. The minimum atomic E-state index is 0.129. The monoisotopic (exact) mass is 192 g/mol. The second-order valence-corrected chi connectivity index (χ2v) is 6.02. The van der Waals surface area contributed by atoms with Crippen LogP contribution in [-0.2, 0) is 4.79 Å². The predicted octanol–water partition coefficient (Wildman–Crippen LogP) is 3.20. The summed E-state index contributed by atoms with van der Waals surface area (Å²) >= 11 is 0. The number of ketones is 1. The summed E-state index contributed by atoms with van der Waals surface area (Å²) < 4.78 is 0. The van der Waals surface area contributed by atoms with E-state index in [9.17, 15) is 4.79 Å². The van der Waals surface area contributed by atoms with Gasteiger partial charge in [0.05, 0.1) is 0 Å². The third-order valence-corrected chi connectivity index (χ3v) is 4.44. The van der Waals surface area contributed by atoms with Crippen LogP contribution in [0.1, 0.15) is 40.0 Å². The van der Waals surface area contributed by atoms with Crippen LogP contribution in [0.2, 0.25) is 0 Å². The Morgan fingerprint density at radius 3 is 2.50 bits per heavy atom. The number of carbonyl (C=O) groups excluding carboxylic acids is 1. The van der Waals surface area contributed by atoms with Crippen molar-refractivity contribution in [2.75, 3.05) is 0 Å². The molecular weight excluding hydrogens is 172 g/mol. The molecule has 2 aliphatic carbocycles. The van der Waals surface area contributed by atoms with Gasteiger partial charge in [-0.15, -0.1) is 6.58 Å². The average Bonchev–Trinajstić information content (AvgIpc) is 2.48. The summed E-state index contributed by atoms with van der Waals surface area (Å²) in [4.78, 5) is 12.2. The summed E-state index contributed by atoms with van der Waals surface area (Å²) in [7, 11) is 0. The number of hydrogen-bond acceptors (Lipinski definition) is 1. The maximum Gasteiger partial charge on any atom is 0.143 e. The molecule has 2 fully saturated rings. The minimum Gasteiger partial charge on any atom is -0.299 e. The molecule has 0 bridgehead atoms. The SMILES string of the molecule is C=C[C@@H]1C[C@]2(C)CCC(C)(C)[C@@H]2C1=O. The van der Waals surface area contributed by atoms with Gasteiger partial charge in [-0.05, 0) is 30.1 Å². The van der Waals surface area contributed by atoms with Crippen LogP contribution in [0.25, 0.3) is 0 Å². The van der Waals surface area contributed by atoms with E-state index in [4.69, 9.17) is 0 Å². The van der Waals surface area contributed by atoms with Crippen molar-refractivity contribution in [3.05, 3.63) is 12.7 Å². The first-order valence-electron chi connectivity index (χ1n) is 5.57. The zero-order chi connectivity index (χ0) is 10.6. The molecule has 0 radical (unpaired) electrons. The molecule has 2 aliphatic rings. The van der Waals surface area contributed by atoms with Gasteiger partial charge in [-0.1, -0.05) is 26.8 Å². The van der Waals surface area contributed by atoms with E-state index in [0.29, 0.717) is 5.78 Å². The highest BCUT2D eigenvalue weighted by Gasteiger charge is 2.59. The Bertz CT molecular complexity index is 290. The van der Waals surface area contributed by atoms with Gasteiger partial charge in [0.2, 0.25) is 0 Å². The highest BCUT2D eigenvalue weighted by Crippen LogP contribution is 2.61. The van der Waals surface area contributed by atoms with Crippen LogP contribution in [0.4, 0.5) is 0 Å². The summed E-state index contributed by atoms with van der Waals surface area (Å²) in [5.74, 6) is 0.854. The van der Waals surface area contributed by atoms with E-state index in [-0.39, 0.29) is 22.7 Å². The van der Waals surface area contributed by atoms with Gasteiger partial charge < -0.3 is 0 Å². The van der Waals surface area contributed by atoms with Crippen molar-refractivity contribution in [1.82, 2.24) is 0 Å². The van der Waals surface area contributed by atoms with E-state index in [1.807, 2.05) is 6.08 Å². The number of Topliss-reactive ketones (excluding diaryl/α,β-unsaturated/α-hetero) is 1. The van der Waals surface area contributed by atoms with Crippen LogP contribution in [0.3, 0.4) is 0 Å². The molecule has 3 atom stereocenters. The van der Waals surface area contributed by atoms with Gasteiger partial charge >= 0.3 is 0 Å². The maximum atomic E-state index is 12.2. The summed E-state index contributed by atoms with van der Waals surface area (Å²) in [5.41, 5.74) is 0.475. The zero-order valence-electron chi connectivity index (χ0n) is 9.47. The molecule has 0 aliphatic heterocycles. The Balaban J connectivity index is 2.38. The summed E-state index contributed by atoms with van der Waals surface area (Å²) in [6, 6.07) is 0. The van der Waals surface area contributed by atoms with Crippen molar-refractivity contribution in [1.29, 1.82) is 0 Å². The Hall–Kier alpha value is -0.590. The van der Waals surface area contributed by atoms with E-state index in [1.54, 1.807) is 0 Å². The third kappa shape index (κ3) is 1.11. The van der Waals surface area contributed by atoms with Crippen LogP contribution in [0.15, 0.2) is 12.7 Å². The number of rotatable bonds is 1. The van der Waals surface area contributed by atoms with Crippen LogP contribution in [0, 0.1) is 22.7 Å². The molecular formula is C13H20O.